The highest BCUT2D eigenvalue weighted by Gasteiger charge is 2.29. The number of fused-ring (bicyclic) bond motifs is 1. The molecule has 8 heteroatoms. The van der Waals surface area contributed by atoms with Crippen LogP contribution in [0.3, 0.4) is 0 Å². The molecule has 2 aromatic heterocycles. The lowest BCUT2D eigenvalue weighted by molar-refractivity contribution is -0.0282. The van der Waals surface area contributed by atoms with E-state index in [0.717, 1.165) is 0 Å². The number of carbonyl (C=O) groups is 1. The van der Waals surface area contributed by atoms with Gasteiger partial charge in [-0.1, -0.05) is 6.07 Å². The molecule has 0 saturated carbocycles. The minimum atomic E-state index is -0.346. The summed E-state index contributed by atoms with van der Waals surface area (Å²) in [6.45, 7) is 1.27. The zero-order valence-electron chi connectivity index (χ0n) is 13.1. The van der Waals surface area contributed by atoms with Crippen LogP contribution in [0.4, 0.5) is 4.39 Å². The molecular weight excluding hydrogens is 313 g/mol. The lowest BCUT2D eigenvalue weighted by Gasteiger charge is -2.32. The van der Waals surface area contributed by atoms with Gasteiger partial charge in [-0.3, -0.25) is 4.79 Å². The van der Waals surface area contributed by atoms with E-state index in [-0.39, 0.29) is 17.8 Å². The van der Waals surface area contributed by atoms with Crippen LogP contribution in [0, 0.1) is 5.82 Å². The summed E-state index contributed by atoms with van der Waals surface area (Å²) in [5.74, 6) is 0.151. The number of carbonyl (C=O) groups excluding carboxylic acids is 1. The van der Waals surface area contributed by atoms with E-state index in [0.29, 0.717) is 42.1 Å². The summed E-state index contributed by atoms with van der Waals surface area (Å²) in [4.78, 5) is 17.4. The predicted molar refractivity (Wildman–Crippen MR) is 83.9 cm³/mol. The van der Waals surface area contributed by atoms with Crippen molar-refractivity contribution in [1.29, 1.82) is 0 Å². The number of aryl methyl sites for hydroxylation is 1. The van der Waals surface area contributed by atoms with Crippen molar-refractivity contribution in [2.75, 3.05) is 19.7 Å². The molecule has 0 radical (unpaired) electrons. The van der Waals surface area contributed by atoms with E-state index in [9.17, 15) is 9.18 Å². The van der Waals surface area contributed by atoms with Crippen LogP contribution in [0.2, 0.25) is 0 Å². The minimum Gasteiger partial charge on any atom is -0.366 e. The van der Waals surface area contributed by atoms with Crippen LogP contribution in [0.15, 0.2) is 30.6 Å². The number of halogens is 1. The topological polar surface area (TPSA) is 76.0 Å². The van der Waals surface area contributed by atoms with E-state index in [2.05, 4.69) is 15.2 Å². The third-order valence-electron chi connectivity index (χ3n) is 4.23. The van der Waals surface area contributed by atoms with E-state index in [1.807, 2.05) is 7.05 Å². The first-order chi connectivity index (χ1) is 11.6. The maximum atomic E-state index is 13.8. The number of aromatic nitrogens is 4. The van der Waals surface area contributed by atoms with Crippen molar-refractivity contribution < 1.29 is 13.9 Å². The summed E-state index contributed by atoms with van der Waals surface area (Å²) in [7, 11) is 1.83. The summed E-state index contributed by atoms with van der Waals surface area (Å²) >= 11 is 0. The van der Waals surface area contributed by atoms with Crippen molar-refractivity contribution in [3.8, 4) is 0 Å². The van der Waals surface area contributed by atoms with Gasteiger partial charge in [0.2, 0.25) is 0 Å². The quantitative estimate of drug-likeness (QED) is 0.776. The average molecular weight is 329 g/mol. The maximum absolute atomic E-state index is 13.8. The van der Waals surface area contributed by atoms with Crippen molar-refractivity contribution in [3.63, 3.8) is 0 Å². The van der Waals surface area contributed by atoms with Crippen LogP contribution < -0.4 is 0 Å². The molecule has 1 fully saturated rings. The molecule has 0 spiro atoms. The molecule has 1 N–H and O–H groups in total. The van der Waals surface area contributed by atoms with Gasteiger partial charge in [0.05, 0.1) is 13.2 Å². The van der Waals surface area contributed by atoms with Crippen molar-refractivity contribution in [1.82, 2.24) is 24.6 Å². The first kappa shape index (κ1) is 14.8. The van der Waals surface area contributed by atoms with Gasteiger partial charge in [0.1, 0.15) is 23.9 Å². The number of morpholine rings is 1. The predicted octanol–water partition coefficient (Wildman–Crippen LogP) is 1.65. The summed E-state index contributed by atoms with van der Waals surface area (Å²) in [5.41, 5.74) is 0.977. The Balaban J connectivity index is 1.59. The van der Waals surface area contributed by atoms with Crippen LogP contribution in [0.25, 0.3) is 10.9 Å². The largest absolute Gasteiger partial charge is 0.366 e. The first-order valence-electron chi connectivity index (χ1n) is 7.65. The van der Waals surface area contributed by atoms with Crippen molar-refractivity contribution in [3.05, 3.63) is 47.9 Å². The van der Waals surface area contributed by atoms with Crippen molar-refractivity contribution >= 4 is 16.8 Å². The standard InChI is InChI=1S/C16H16FN5O2/c1-21-9-18-20-15(21)14-8-22(5-6-24-14)16(23)13-7-10-11(17)3-2-4-12(10)19-13/h2-4,7,9,14,19H,5-6,8H2,1H3. The Morgan fingerprint density at radius 3 is 3.08 bits per heavy atom. The third kappa shape index (κ3) is 2.44. The number of amides is 1. The molecule has 1 aliphatic heterocycles. The second kappa shape index (κ2) is 5.72. The summed E-state index contributed by atoms with van der Waals surface area (Å²) in [6, 6.07) is 6.29. The van der Waals surface area contributed by atoms with E-state index < -0.39 is 0 Å². The van der Waals surface area contributed by atoms with Gasteiger partial charge >= 0.3 is 0 Å². The molecule has 1 unspecified atom stereocenters. The Morgan fingerprint density at radius 1 is 1.46 bits per heavy atom. The van der Waals surface area contributed by atoms with Gasteiger partial charge in [0.25, 0.3) is 5.91 Å². The fraction of sp³-hybridized carbons (Fsp3) is 0.312. The number of hydrogen-bond acceptors (Lipinski definition) is 4. The monoisotopic (exact) mass is 329 g/mol. The molecule has 7 nitrogen and oxygen atoms in total. The number of nitrogens with zero attached hydrogens (tertiary/aromatic N) is 4. The van der Waals surface area contributed by atoms with E-state index in [4.69, 9.17) is 4.74 Å². The van der Waals surface area contributed by atoms with Crippen LogP contribution in [-0.4, -0.2) is 50.3 Å². The third-order valence-corrected chi connectivity index (χ3v) is 4.23. The highest BCUT2D eigenvalue weighted by Crippen LogP contribution is 2.23. The molecule has 4 rings (SSSR count). The Morgan fingerprint density at radius 2 is 2.33 bits per heavy atom. The molecule has 3 heterocycles. The fourth-order valence-corrected chi connectivity index (χ4v) is 2.98. The van der Waals surface area contributed by atoms with E-state index in [1.54, 1.807) is 34.0 Å². The Kier molecular flexibility index (Phi) is 3.53. The number of hydrogen-bond donors (Lipinski definition) is 1. The molecule has 0 bridgehead atoms. The highest BCUT2D eigenvalue weighted by atomic mass is 19.1. The van der Waals surface area contributed by atoms with Crippen molar-refractivity contribution in [2.45, 2.75) is 6.10 Å². The van der Waals surface area contributed by atoms with Gasteiger partial charge in [-0.05, 0) is 18.2 Å². The SMILES string of the molecule is Cn1cnnc1C1CN(C(=O)c2cc3c(F)cccc3[nH]2)CCO1. The molecule has 3 aromatic rings. The van der Waals surface area contributed by atoms with Gasteiger partial charge in [0, 0.05) is 24.5 Å². The zero-order chi connectivity index (χ0) is 16.7. The Hall–Kier alpha value is -2.74. The minimum absolute atomic E-state index is 0.180. The van der Waals surface area contributed by atoms with Gasteiger partial charge in [-0.2, -0.15) is 0 Å². The molecule has 0 aliphatic carbocycles. The van der Waals surface area contributed by atoms with E-state index in [1.165, 1.54) is 6.07 Å². The second-order valence-corrected chi connectivity index (χ2v) is 5.79. The van der Waals surface area contributed by atoms with Crippen LogP contribution in [0.1, 0.15) is 22.4 Å². The smallest absolute Gasteiger partial charge is 0.270 e. The van der Waals surface area contributed by atoms with Gasteiger partial charge in [-0.25, -0.2) is 4.39 Å². The van der Waals surface area contributed by atoms with Crippen LogP contribution in [0.5, 0.6) is 0 Å². The molecule has 1 amide bonds. The number of aromatic amines is 1. The molecule has 1 aliphatic rings. The first-order valence-corrected chi connectivity index (χ1v) is 7.65. The highest BCUT2D eigenvalue weighted by molar-refractivity contribution is 5.98. The van der Waals surface area contributed by atoms with Crippen molar-refractivity contribution in [2.24, 2.45) is 7.05 Å². The lowest BCUT2D eigenvalue weighted by Crippen LogP contribution is -2.43. The second-order valence-electron chi connectivity index (χ2n) is 5.79. The summed E-state index contributed by atoms with van der Waals surface area (Å²) in [5, 5.41) is 8.31. The van der Waals surface area contributed by atoms with Gasteiger partial charge < -0.3 is 19.2 Å². The fourth-order valence-electron chi connectivity index (χ4n) is 2.98. The maximum Gasteiger partial charge on any atom is 0.270 e. The lowest BCUT2D eigenvalue weighted by atomic mass is 10.2. The molecule has 124 valence electrons. The molecule has 24 heavy (non-hydrogen) atoms. The molecular formula is C16H16FN5O2. The Labute approximate surface area is 137 Å². The normalized spacial score (nSPS) is 18.2. The van der Waals surface area contributed by atoms with Gasteiger partial charge in [-0.15, -0.1) is 10.2 Å². The Bertz CT molecular complexity index is 903. The van der Waals surface area contributed by atoms with Gasteiger partial charge in [0.15, 0.2) is 5.82 Å². The molecule has 1 saturated heterocycles. The van der Waals surface area contributed by atoms with E-state index >= 15 is 0 Å². The number of rotatable bonds is 2. The number of ether oxygens (including phenoxy) is 1. The summed E-state index contributed by atoms with van der Waals surface area (Å²) in [6.07, 6.45) is 1.27. The molecule has 1 atom stereocenters. The number of nitrogens with one attached hydrogen (secondary N) is 1. The van der Waals surface area contributed by atoms with Crippen LogP contribution in [-0.2, 0) is 11.8 Å². The zero-order valence-corrected chi connectivity index (χ0v) is 13.1. The number of benzene rings is 1. The number of H-pyrrole nitrogens is 1. The molecule has 1 aromatic carbocycles. The average Bonchev–Trinajstić information content (AvgIpc) is 3.21. The summed E-state index contributed by atoms with van der Waals surface area (Å²) < 4.78 is 21.3. The van der Waals surface area contributed by atoms with Crippen LogP contribution >= 0.6 is 0 Å².